The Kier molecular flexibility index (Phi) is 7.79. The first-order valence-electron chi connectivity index (χ1n) is 11.7. The van der Waals surface area contributed by atoms with E-state index in [0.29, 0.717) is 43.1 Å². The highest BCUT2D eigenvalue weighted by atomic mass is 32.2. The van der Waals surface area contributed by atoms with E-state index in [9.17, 15) is 14.4 Å². The molecule has 0 radical (unpaired) electrons. The van der Waals surface area contributed by atoms with E-state index in [4.69, 9.17) is 4.74 Å². The third-order valence-corrected chi connectivity index (χ3v) is 7.87. The lowest BCUT2D eigenvalue weighted by atomic mass is 10.0. The number of aromatic nitrogens is 1. The number of fused-ring (bicyclic) bond motifs is 1. The fourth-order valence-corrected chi connectivity index (χ4v) is 5.80. The number of nitrogens with one attached hydrogen (secondary N) is 2. The van der Waals surface area contributed by atoms with Crippen molar-refractivity contribution < 1.29 is 19.1 Å². The predicted molar refractivity (Wildman–Crippen MR) is 147 cm³/mol. The van der Waals surface area contributed by atoms with Gasteiger partial charge in [0.1, 0.15) is 0 Å². The Hall–Kier alpha value is -3.73. The zero-order valence-electron chi connectivity index (χ0n) is 19.8. The Bertz CT molecular complexity index is 1430. The Morgan fingerprint density at radius 3 is 2.41 bits per heavy atom. The summed E-state index contributed by atoms with van der Waals surface area (Å²) < 4.78 is 6.99. The van der Waals surface area contributed by atoms with Crippen molar-refractivity contribution in [2.75, 3.05) is 42.7 Å². The van der Waals surface area contributed by atoms with Gasteiger partial charge < -0.3 is 20.3 Å². The molecule has 188 valence electrons. The molecule has 5 rings (SSSR count). The van der Waals surface area contributed by atoms with Crippen molar-refractivity contribution in [2.24, 2.45) is 0 Å². The van der Waals surface area contributed by atoms with E-state index in [0.717, 1.165) is 20.2 Å². The number of hydrogen-bond donors (Lipinski definition) is 2. The number of thiazole rings is 1. The Morgan fingerprint density at radius 1 is 0.892 bits per heavy atom. The average Bonchev–Trinajstić information content (AvgIpc) is 3.35. The molecule has 1 fully saturated rings. The standard InChI is InChI=1S/C27H24N4O4S2/c32-24(28-18-6-2-1-3-7-18)17-36-27-30-22-11-10-19(16-23(22)37-27)29-25(33)20-8-4-5-9-21(20)26(34)31-12-14-35-15-13-31/h1-11,16H,12-15,17H2,(H,28,32)(H,29,33). The third-order valence-electron chi connectivity index (χ3n) is 5.71. The van der Waals surface area contributed by atoms with Gasteiger partial charge in [-0.2, -0.15) is 0 Å². The van der Waals surface area contributed by atoms with Crippen LogP contribution in [0.2, 0.25) is 0 Å². The van der Waals surface area contributed by atoms with Crippen LogP contribution in [0.4, 0.5) is 11.4 Å². The number of carbonyl (C=O) groups excluding carboxylic acids is 3. The van der Waals surface area contributed by atoms with E-state index < -0.39 is 0 Å². The number of thioether (sulfide) groups is 1. The number of hydrogen-bond acceptors (Lipinski definition) is 7. The number of ether oxygens (including phenoxy) is 1. The molecule has 8 nitrogen and oxygen atoms in total. The van der Waals surface area contributed by atoms with Crippen LogP contribution >= 0.6 is 23.1 Å². The van der Waals surface area contributed by atoms with Gasteiger partial charge in [0.05, 0.1) is 40.3 Å². The molecule has 0 bridgehead atoms. The molecule has 10 heteroatoms. The summed E-state index contributed by atoms with van der Waals surface area (Å²) in [6, 6.07) is 21.6. The summed E-state index contributed by atoms with van der Waals surface area (Å²) in [7, 11) is 0. The maximum Gasteiger partial charge on any atom is 0.256 e. The van der Waals surface area contributed by atoms with E-state index in [2.05, 4.69) is 15.6 Å². The van der Waals surface area contributed by atoms with Crippen LogP contribution < -0.4 is 10.6 Å². The second-order valence-electron chi connectivity index (χ2n) is 8.27. The third kappa shape index (κ3) is 6.16. The smallest absolute Gasteiger partial charge is 0.256 e. The van der Waals surface area contributed by atoms with Crippen LogP contribution in [0.1, 0.15) is 20.7 Å². The van der Waals surface area contributed by atoms with Crippen molar-refractivity contribution in [2.45, 2.75) is 4.34 Å². The topological polar surface area (TPSA) is 101 Å². The molecule has 37 heavy (non-hydrogen) atoms. The molecule has 0 atom stereocenters. The molecule has 4 aromatic rings. The average molecular weight is 533 g/mol. The van der Waals surface area contributed by atoms with Crippen molar-refractivity contribution in [3.05, 3.63) is 83.9 Å². The van der Waals surface area contributed by atoms with Crippen LogP contribution in [0.25, 0.3) is 10.2 Å². The van der Waals surface area contributed by atoms with Gasteiger partial charge in [-0.05, 0) is 42.5 Å². The zero-order valence-corrected chi connectivity index (χ0v) is 21.4. The summed E-state index contributed by atoms with van der Waals surface area (Å²) in [5, 5.41) is 5.77. The van der Waals surface area contributed by atoms with Gasteiger partial charge >= 0.3 is 0 Å². The van der Waals surface area contributed by atoms with Crippen LogP contribution in [-0.4, -0.2) is 59.7 Å². The van der Waals surface area contributed by atoms with Crippen LogP contribution in [0.3, 0.4) is 0 Å². The lowest BCUT2D eigenvalue weighted by Crippen LogP contribution is -2.41. The molecule has 0 aliphatic carbocycles. The van der Waals surface area contributed by atoms with E-state index in [1.54, 1.807) is 35.2 Å². The van der Waals surface area contributed by atoms with Crippen molar-refractivity contribution in [1.82, 2.24) is 9.88 Å². The maximum absolute atomic E-state index is 13.1. The van der Waals surface area contributed by atoms with Crippen molar-refractivity contribution in [3.63, 3.8) is 0 Å². The van der Waals surface area contributed by atoms with Crippen LogP contribution in [0, 0.1) is 0 Å². The first-order valence-corrected chi connectivity index (χ1v) is 13.5. The molecule has 2 N–H and O–H groups in total. The lowest BCUT2D eigenvalue weighted by Gasteiger charge is -2.27. The van der Waals surface area contributed by atoms with Crippen LogP contribution in [0.15, 0.2) is 77.1 Å². The zero-order chi connectivity index (χ0) is 25.6. The molecule has 0 unspecified atom stereocenters. The van der Waals surface area contributed by atoms with Gasteiger partial charge in [-0.1, -0.05) is 42.1 Å². The summed E-state index contributed by atoms with van der Waals surface area (Å²) in [5.41, 5.74) is 2.84. The second kappa shape index (κ2) is 11.5. The quantitative estimate of drug-likeness (QED) is 0.333. The van der Waals surface area contributed by atoms with E-state index in [-0.39, 0.29) is 23.5 Å². The highest BCUT2D eigenvalue weighted by Crippen LogP contribution is 2.31. The highest BCUT2D eigenvalue weighted by molar-refractivity contribution is 8.01. The van der Waals surface area contributed by atoms with Gasteiger partial charge in [0.15, 0.2) is 4.34 Å². The monoisotopic (exact) mass is 532 g/mol. The van der Waals surface area contributed by atoms with E-state index in [1.165, 1.54) is 23.1 Å². The summed E-state index contributed by atoms with van der Waals surface area (Å²) in [6.45, 7) is 2.00. The van der Waals surface area contributed by atoms with Gasteiger partial charge in [-0.3, -0.25) is 14.4 Å². The summed E-state index contributed by atoms with van der Waals surface area (Å²) >= 11 is 2.82. The number of carbonyl (C=O) groups is 3. The molecular formula is C27H24N4O4S2. The SMILES string of the molecule is O=C(CSc1nc2ccc(NC(=O)c3ccccc3C(=O)N3CCOCC3)cc2s1)Nc1ccccc1. The summed E-state index contributed by atoms with van der Waals surface area (Å²) in [6.07, 6.45) is 0. The van der Waals surface area contributed by atoms with Gasteiger partial charge in [0.25, 0.3) is 11.8 Å². The number of para-hydroxylation sites is 1. The Balaban J connectivity index is 1.24. The Morgan fingerprint density at radius 2 is 1.62 bits per heavy atom. The fraction of sp³-hybridized carbons (Fsp3) is 0.185. The lowest BCUT2D eigenvalue weighted by molar-refractivity contribution is -0.113. The normalized spacial score (nSPS) is 13.4. The molecule has 3 amide bonds. The molecule has 1 aliphatic rings. The molecule has 0 spiro atoms. The maximum atomic E-state index is 13.1. The molecule has 3 aromatic carbocycles. The molecule has 2 heterocycles. The molecular weight excluding hydrogens is 508 g/mol. The van der Waals surface area contributed by atoms with Crippen LogP contribution in [-0.2, 0) is 9.53 Å². The van der Waals surface area contributed by atoms with Gasteiger partial charge in [-0.25, -0.2) is 4.98 Å². The Labute approximate surface area is 222 Å². The van der Waals surface area contributed by atoms with Gasteiger partial charge in [0, 0.05) is 24.5 Å². The number of nitrogens with zero attached hydrogens (tertiary/aromatic N) is 2. The van der Waals surface area contributed by atoms with Crippen molar-refractivity contribution in [3.8, 4) is 0 Å². The fourth-order valence-electron chi connectivity index (χ4n) is 3.89. The van der Waals surface area contributed by atoms with E-state index >= 15 is 0 Å². The van der Waals surface area contributed by atoms with Gasteiger partial charge in [0.2, 0.25) is 5.91 Å². The van der Waals surface area contributed by atoms with E-state index in [1.807, 2.05) is 42.5 Å². The first-order chi connectivity index (χ1) is 18.1. The predicted octanol–water partition coefficient (Wildman–Crippen LogP) is 4.75. The summed E-state index contributed by atoms with van der Waals surface area (Å²) in [5.74, 6) is -0.390. The number of amides is 3. The number of rotatable bonds is 7. The van der Waals surface area contributed by atoms with Crippen molar-refractivity contribution >= 4 is 62.4 Å². The molecule has 1 aliphatic heterocycles. The summed E-state index contributed by atoms with van der Waals surface area (Å²) in [4.78, 5) is 44.7. The minimum Gasteiger partial charge on any atom is -0.378 e. The molecule has 1 aromatic heterocycles. The second-order valence-corrected chi connectivity index (χ2v) is 10.5. The molecule has 0 saturated carbocycles. The first kappa shape index (κ1) is 24.9. The minimum atomic E-state index is -0.353. The highest BCUT2D eigenvalue weighted by Gasteiger charge is 2.23. The molecule has 1 saturated heterocycles. The van der Waals surface area contributed by atoms with Crippen molar-refractivity contribution in [1.29, 1.82) is 0 Å². The van der Waals surface area contributed by atoms with Crippen LogP contribution in [0.5, 0.6) is 0 Å². The minimum absolute atomic E-state index is 0.103. The number of benzene rings is 3. The largest absolute Gasteiger partial charge is 0.378 e. The number of anilines is 2. The number of morpholine rings is 1. The van der Waals surface area contributed by atoms with Gasteiger partial charge in [-0.15, -0.1) is 11.3 Å².